The fourth-order valence-corrected chi connectivity index (χ4v) is 2.02. The standard InChI is InChI=1S/C14H14ClN3O2/c1-9(10-4-3-5-11(15)6-10)18(2)13-8-16-7-12(17-13)14(19)20/h3-9H,1-2H3,(H,19,20). The van der Waals surface area contributed by atoms with Gasteiger partial charge in [-0.2, -0.15) is 0 Å². The molecule has 0 fully saturated rings. The molecule has 2 rings (SSSR count). The summed E-state index contributed by atoms with van der Waals surface area (Å²) in [5.74, 6) is -0.597. The average Bonchev–Trinajstić information content (AvgIpc) is 2.45. The zero-order chi connectivity index (χ0) is 14.7. The van der Waals surface area contributed by atoms with Gasteiger partial charge < -0.3 is 10.0 Å². The first kappa shape index (κ1) is 14.3. The molecule has 6 heteroatoms. The van der Waals surface area contributed by atoms with E-state index in [9.17, 15) is 4.79 Å². The molecule has 0 bridgehead atoms. The van der Waals surface area contributed by atoms with E-state index in [1.807, 2.05) is 43.1 Å². The summed E-state index contributed by atoms with van der Waals surface area (Å²) in [6.45, 7) is 1.99. The molecule has 0 aliphatic heterocycles. The first-order valence-corrected chi connectivity index (χ1v) is 6.40. The second-order valence-corrected chi connectivity index (χ2v) is 4.85. The lowest BCUT2D eigenvalue weighted by atomic mass is 10.1. The van der Waals surface area contributed by atoms with E-state index < -0.39 is 5.97 Å². The Hall–Kier alpha value is -2.14. The normalized spacial score (nSPS) is 11.9. The highest BCUT2D eigenvalue weighted by molar-refractivity contribution is 6.30. The van der Waals surface area contributed by atoms with E-state index in [1.54, 1.807) is 0 Å². The molecule has 1 aromatic carbocycles. The number of hydrogen-bond acceptors (Lipinski definition) is 4. The minimum Gasteiger partial charge on any atom is -0.476 e. The Morgan fingerprint density at radius 1 is 1.40 bits per heavy atom. The highest BCUT2D eigenvalue weighted by Gasteiger charge is 2.15. The summed E-state index contributed by atoms with van der Waals surface area (Å²) < 4.78 is 0. The van der Waals surface area contributed by atoms with Crippen molar-refractivity contribution in [3.8, 4) is 0 Å². The lowest BCUT2D eigenvalue weighted by molar-refractivity contribution is 0.0690. The maximum Gasteiger partial charge on any atom is 0.356 e. The molecular formula is C14H14ClN3O2. The summed E-state index contributed by atoms with van der Waals surface area (Å²) in [6, 6.07) is 7.51. The maximum absolute atomic E-state index is 10.9. The molecule has 0 aliphatic carbocycles. The van der Waals surface area contributed by atoms with Crippen LogP contribution in [0, 0.1) is 0 Å². The third-order valence-electron chi connectivity index (χ3n) is 3.11. The lowest BCUT2D eigenvalue weighted by Crippen LogP contribution is -2.23. The second kappa shape index (κ2) is 5.88. The van der Waals surface area contributed by atoms with E-state index in [4.69, 9.17) is 16.7 Å². The van der Waals surface area contributed by atoms with Gasteiger partial charge in [0.1, 0.15) is 5.82 Å². The molecule has 2 aromatic rings. The van der Waals surface area contributed by atoms with Crippen molar-refractivity contribution in [2.45, 2.75) is 13.0 Å². The molecule has 104 valence electrons. The van der Waals surface area contributed by atoms with Crippen molar-refractivity contribution in [2.24, 2.45) is 0 Å². The van der Waals surface area contributed by atoms with E-state index in [0.717, 1.165) is 5.56 Å². The van der Waals surface area contributed by atoms with Gasteiger partial charge >= 0.3 is 5.97 Å². The van der Waals surface area contributed by atoms with Crippen LogP contribution >= 0.6 is 11.6 Å². The van der Waals surface area contributed by atoms with Crippen LogP contribution in [0.25, 0.3) is 0 Å². The number of aromatic nitrogens is 2. The molecule has 1 atom stereocenters. The Morgan fingerprint density at radius 2 is 2.15 bits per heavy atom. The fourth-order valence-electron chi connectivity index (χ4n) is 1.82. The number of anilines is 1. The highest BCUT2D eigenvalue weighted by Crippen LogP contribution is 2.25. The van der Waals surface area contributed by atoms with Crippen LogP contribution in [-0.2, 0) is 0 Å². The Bertz CT molecular complexity index is 633. The van der Waals surface area contributed by atoms with Gasteiger partial charge in [0.05, 0.1) is 18.4 Å². The molecule has 1 unspecified atom stereocenters. The van der Waals surface area contributed by atoms with E-state index in [-0.39, 0.29) is 11.7 Å². The third kappa shape index (κ3) is 3.05. The van der Waals surface area contributed by atoms with Gasteiger partial charge in [-0.25, -0.2) is 9.78 Å². The number of rotatable bonds is 4. The van der Waals surface area contributed by atoms with E-state index in [1.165, 1.54) is 12.4 Å². The number of carboxylic acids is 1. The Morgan fingerprint density at radius 3 is 2.80 bits per heavy atom. The van der Waals surface area contributed by atoms with Crippen molar-refractivity contribution in [3.63, 3.8) is 0 Å². The van der Waals surface area contributed by atoms with E-state index in [0.29, 0.717) is 10.8 Å². The van der Waals surface area contributed by atoms with Crippen molar-refractivity contribution in [3.05, 3.63) is 52.9 Å². The van der Waals surface area contributed by atoms with Crippen molar-refractivity contribution in [2.75, 3.05) is 11.9 Å². The maximum atomic E-state index is 10.9. The van der Waals surface area contributed by atoms with E-state index in [2.05, 4.69) is 9.97 Å². The van der Waals surface area contributed by atoms with Gasteiger partial charge in [-0.05, 0) is 24.6 Å². The van der Waals surface area contributed by atoms with Gasteiger partial charge in [0.2, 0.25) is 0 Å². The summed E-state index contributed by atoms with van der Waals surface area (Å²) in [7, 11) is 1.83. The molecule has 1 N–H and O–H groups in total. The molecule has 0 amide bonds. The van der Waals surface area contributed by atoms with E-state index >= 15 is 0 Å². The molecule has 1 heterocycles. The molecule has 0 spiro atoms. The molecule has 0 aliphatic rings. The average molecular weight is 292 g/mol. The van der Waals surface area contributed by atoms with Gasteiger partial charge in [-0.1, -0.05) is 23.7 Å². The van der Waals surface area contributed by atoms with Gasteiger partial charge in [0.15, 0.2) is 5.69 Å². The predicted octanol–water partition coefficient (Wildman–Crippen LogP) is 3.03. The summed E-state index contributed by atoms with van der Waals surface area (Å²) >= 11 is 5.98. The topological polar surface area (TPSA) is 66.3 Å². The number of carboxylic acid groups (broad SMARTS) is 1. The molecule has 0 saturated heterocycles. The smallest absolute Gasteiger partial charge is 0.356 e. The van der Waals surface area contributed by atoms with Crippen molar-refractivity contribution >= 4 is 23.4 Å². The molecule has 5 nitrogen and oxygen atoms in total. The van der Waals surface area contributed by atoms with Crippen molar-refractivity contribution < 1.29 is 9.90 Å². The predicted molar refractivity (Wildman–Crippen MR) is 77.3 cm³/mol. The first-order valence-electron chi connectivity index (χ1n) is 6.02. The van der Waals surface area contributed by atoms with Crippen LogP contribution in [0.3, 0.4) is 0 Å². The molecule has 1 aromatic heterocycles. The van der Waals surface area contributed by atoms with Gasteiger partial charge in [0.25, 0.3) is 0 Å². The zero-order valence-electron chi connectivity index (χ0n) is 11.1. The number of hydrogen-bond donors (Lipinski definition) is 1. The number of nitrogens with zero attached hydrogens (tertiary/aromatic N) is 3. The number of benzene rings is 1. The van der Waals surface area contributed by atoms with Gasteiger partial charge in [-0.3, -0.25) is 4.98 Å². The van der Waals surface area contributed by atoms with Crippen LogP contribution < -0.4 is 4.90 Å². The van der Waals surface area contributed by atoms with Crippen LogP contribution in [0.1, 0.15) is 29.0 Å². The Kier molecular flexibility index (Phi) is 4.20. The van der Waals surface area contributed by atoms with Crippen LogP contribution in [0.15, 0.2) is 36.7 Å². The number of halogens is 1. The highest BCUT2D eigenvalue weighted by atomic mass is 35.5. The Balaban J connectivity index is 2.28. The first-order chi connectivity index (χ1) is 9.49. The van der Waals surface area contributed by atoms with Crippen molar-refractivity contribution in [1.29, 1.82) is 0 Å². The van der Waals surface area contributed by atoms with Gasteiger partial charge in [0, 0.05) is 12.1 Å². The monoisotopic (exact) mass is 291 g/mol. The molecule has 20 heavy (non-hydrogen) atoms. The fraction of sp³-hybridized carbons (Fsp3) is 0.214. The molecule has 0 saturated carbocycles. The van der Waals surface area contributed by atoms with Crippen LogP contribution in [0.4, 0.5) is 5.82 Å². The van der Waals surface area contributed by atoms with Crippen LogP contribution in [-0.4, -0.2) is 28.1 Å². The minimum absolute atomic E-state index is 0.00737. The quantitative estimate of drug-likeness (QED) is 0.938. The Labute approximate surface area is 121 Å². The number of aromatic carboxylic acids is 1. The minimum atomic E-state index is -1.09. The van der Waals surface area contributed by atoms with Gasteiger partial charge in [-0.15, -0.1) is 0 Å². The third-order valence-corrected chi connectivity index (χ3v) is 3.35. The second-order valence-electron chi connectivity index (χ2n) is 4.41. The summed E-state index contributed by atoms with van der Waals surface area (Å²) in [4.78, 5) is 20.8. The van der Waals surface area contributed by atoms with Crippen molar-refractivity contribution in [1.82, 2.24) is 9.97 Å². The number of carbonyl (C=O) groups is 1. The largest absolute Gasteiger partial charge is 0.476 e. The summed E-state index contributed by atoms with van der Waals surface area (Å²) in [5, 5.41) is 9.60. The zero-order valence-corrected chi connectivity index (χ0v) is 11.9. The SMILES string of the molecule is CC(c1cccc(Cl)c1)N(C)c1cncc(C(=O)O)n1. The molecular weight excluding hydrogens is 278 g/mol. The lowest BCUT2D eigenvalue weighted by Gasteiger charge is -2.26. The summed E-state index contributed by atoms with van der Waals surface area (Å²) in [6.07, 6.45) is 2.76. The van der Waals surface area contributed by atoms with Crippen LogP contribution in [0.5, 0.6) is 0 Å². The van der Waals surface area contributed by atoms with Crippen LogP contribution in [0.2, 0.25) is 5.02 Å². The molecule has 0 radical (unpaired) electrons. The summed E-state index contributed by atoms with van der Waals surface area (Å²) in [5.41, 5.74) is 0.940.